The first-order valence-electron chi connectivity index (χ1n) is 12.4. The van der Waals surface area contributed by atoms with Crippen molar-refractivity contribution in [3.8, 4) is 10.4 Å². The molecule has 1 aliphatic carbocycles. The lowest BCUT2D eigenvalue weighted by molar-refractivity contribution is 0.102. The number of aliphatic hydroxyl groups is 1. The Labute approximate surface area is 217 Å². The van der Waals surface area contributed by atoms with E-state index in [1.54, 1.807) is 17.4 Å². The van der Waals surface area contributed by atoms with Crippen molar-refractivity contribution in [2.24, 2.45) is 0 Å². The van der Waals surface area contributed by atoms with Gasteiger partial charge >= 0.3 is 0 Å². The lowest BCUT2D eigenvalue weighted by atomic mass is 9.88. The van der Waals surface area contributed by atoms with Gasteiger partial charge in [0.2, 0.25) is 0 Å². The molecule has 0 bridgehead atoms. The maximum absolute atomic E-state index is 12.9. The van der Waals surface area contributed by atoms with Crippen molar-refractivity contribution in [1.29, 1.82) is 0 Å². The van der Waals surface area contributed by atoms with Gasteiger partial charge in [-0.1, -0.05) is 91.0 Å². The summed E-state index contributed by atoms with van der Waals surface area (Å²) in [6, 6.07) is 35.7. The van der Waals surface area contributed by atoms with Crippen molar-refractivity contribution in [2.75, 3.05) is 0 Å². The molecule has 1 aliphatic rings. The summed E-state index contributed by atoms with van der Waals surface area (Å²) in [6.45, 7) is 0. The molecule has 0 aliphatic heterocycles. The molecule has 3 heteroatoms. The SMILES string of the molecule is O=C1/C(=C\c2ccc(-c3ccc4c5cccc6cccc(c7cccc3c74)c65)s2)C(O)c2ccccc21. The lowest BCUT2D eigenvalue weighted by Gasteiger charge is -2.16. The van der Waals surface area contributed by atoms with Crippen LogP contribution in [0.1, 0.15) is 26.9 Å². The van der Waals surface area contributed by atoms with Crippen LogP contribution in [-0.2, 0) is 0 Å². The predicted octanol–water partition coefficient (Wildman–Crippen LogP) is 8.78. The Hall–Kier alpha value is -4.31. The molecule has 8 rings (SSSR count). The van der Waals surface area contributed by atoms with Gasteiger partial charge in [-0.05, 0) is 72.4 Å². The van der Waals surface area contributed by atoms with Crippen molar-refractivity contribution in [3.63, 3.8) is 0 Å². The number of benzene rings is 6. The average Bonchev–Trinajstić information content (AvgIpc) is 3.50. The Morgan fingerprint density at radius 1 is 0.622 bits per heavy atom. The zero-order chi connectivity index (χ0) is 24.7. The van der Waals surface area contributed by atoms with Crippen LogP contribution in [0.4, 0.5) is 0 Å². The third kappa shape index (κ3) is 2.87. The molecule has 174 valence electrons. The van der Waals surface area contributed by atoms with Crippen molar-refractivity contribution in [1.82, 2.24) is 0 Å². The maximum Gasteiger partial charge on any atom is 0.192 e. The second-order valence-electron chi connectivity index (χ2n) is 9.72. The standard InChI is InChI=1S/C34H20O2S/c35-33-27-8-1-2-9-28(27)34(36)29(33)18-20-14-17-30(37-20)21-15-16-26-24-11-4-7-19-6-3-10-23(31(19)24)25-13-5-12-22(21)32(25)26/h1-18,33,35H/b29-18-. The third-order valence-corrected chi connectivity index (χ3v) is 8.84. The van der Waals surface area contributed by atoms with Gasteiger partial charge in [-0.15, -0.1) is 11.3 Å². The molecule has 0 saturated carbocycles. The molecule has 1 heterocycles. The van der Waals surface area contributed by atoms with Crippen molar-refractivity contribution >= 4 is 66.3 Å². The van der Waals surface area contributed by atoms with Gasteiger partial charge in [-0.3, -0.25) is 4.79 Å². The number of thiophene rings is 1. The number of ketones is 1. The summed E-state index contributed by atoms with van der Waals surface area (Å²) in [4.78, 5) is 15.0. The zero-order valence-corrected chi connectivity index (χ0v) is 20.5. The van der Waals surface area contributed by atoms with E-state index in [-0.39, 0.29) is 5.78 Å². The molecule has 1 aromatic heterocycles. The molecule has 0 fully saturated rings. The van der Waals surface area contributed by atoms with Crippen LogP contribution in [0.25, 0.3) is 59.6 Å². The largest absolute Gasteiger partial charge is 0.383 e. The Bertz CT molecular complexity index is 2030. The van der Waals surface area contributed by atoms with Gasteiger partial charge in [0.05, 0.1) is 0 Å². The number of aliphatic hydroxyl groups excluding tert-OH is 1. The normalized spacial score (nSPS) is 16.6. The van der Waals surface area contributed by atoms with Crippen molar-refractivity contribution in [2.45, 2.75) is 6.10 Å². The minimum atomic E-state index is -0.877. The van der Waals surface area contributed by atoms with E-state index in [1.807, 2.05) is 30.3 Å². The number of hydrogen-bond donors (Lipinski definition) is 1. The number of Topliss-reactive ketones (excluding diaryl/α,β-unsaturated/α-hetero) is 1. The van der Waals surface area contributed by atoms with Gasteiger partial charge in [-0.25, -0.2) is 0 Å². The Kier molecular flexibility index (Phi) is 4.28. The fourth-order valence-corrected chi connectivity index (χ4v) is 7.12. The first-order chi connectivity index (χ1) is 18.2. The number of fused-ring (bicyclic) bond motifs is 3. The van der Waals surface area contributed by atoms with Crippen LogP contribution >= 0.6 is 11.3 Å². The average molecular weight is 493 g/mol. The van der Waals surface area contributed by atoms with Crippen LogP contribution in [0, 0.1) is 0 Å². The van der Waals surface area contributed by atoms with Gasteiger partial charge in [-0.2, -0.15) is 0 Å². The summed E-state index contributed by atoms with van der Waals surface area (Å²) >= 11 is 1.65. The lowest BCUT2D eigenvalue weighted by Crippen LogP contribution is -1.98. The van der Waals surface area contributed by atoms with E-state index in [0.717, 1.165) is 9.75 Å². The Morgan fingerprint density at radius 2 is 1.30 bits per heavy atom. The molecule has 6 aromatic carbocycles. The molecular formula is C34H20O2S. The molecule has 1 N–H and O–H groups in total. The third-order valence-electron chi connectivity index (χ3n) is 7.77. The van der Waals surface area contributed by atoms with E-state index in [9.17, 15) is 9.90 Å². The van der Waals surface area contributed by atoms with Crippen LogP contribution in [0.5, 0.6) is 0 Å². The predicted molar refractivity (Wildman–Crippen MR) is 155 cm³/mol. The quantitative estimate of drug-likeness (QED) is 0.149. The van der Waals surface area contributed by atoms with E-state index >= 15 is 0 Å². The first kappa shape index (κ1) is 20.8. The highest BCUT2D eigenvalue weighted by atomic mass is 32.1. The summed E-state index contributed by atoms with van der Waals surface area (Å²) in [5.74, 6) is -0.0903. The highest BCUT2D eigenvalue weighted by molar-refractivity contribution is 7.16. The van der Waals surface area contributed by atoms with Gasteiger partial charge in [0, 0.05) is 20.9 Å². The van der Waals surface area contributed by atoms with E-state index in [4.69, 9.17) is 0 Å². The van der Waals surface area contributed by atoms with Crippen LogP contribution in [0.2, 0.25) is 0 Å². The molecule has 0 spiro atoms. The summed E-state index contributed by atoms with van der Waals surface area (Å²) in [5, 5.41) is 21.0. The molecule has 0 amide bonds. The minimum absolute atomic E-state index is 0.0903. The number of carbonyl (C=O) groups is 1. The van der Waals surface area contributed by atoms with E-state index in [2.05, 4.69) is 72.8 Å². The molecule has 0 saturated heterocycles. The number of carbonyl (C=O) groups excluding carboxylic acids is 1. The highest BCUT2D eigenvalue weighted by Crippen LogP contribution is 2.44. The molecule has 1 atom stereocenters. The summed E-state index contributed by atoms with van der Waals surface area (Å²) in [7, 11) is 0. The van der Waals surface area contributed by atoms with E-state index in [0.29, 0.717) is 16.7 Å². The van der Waals surface area contributed by atoms with Gasteiger partial charge < -0.3 is 5.11 Å². The molecule has 37 heavy (non-hydrogen) atoms. The van der Waals surface area contributed by atoms with Gasteiger partial charge in [0.25, 0.3) is 0 Å². The highest BCUT2D eigenvalue weighted by Gasteiger charge is 2.32. The zero-order valence-electron chi connectivity index (χ0n) is 19.7. The minimum Gasteiger partial charge on any atom is -0.383 e. The van der Waals surface area contributed by atoms with Crippen molar-refractivity contribution < 1.29 is 9.90 Å². The fourth-order valence-electron chi connectivity index (χ4n) is 6.12. The van der Waals surface area contributed by atoms with E-state index in [1.165, 1.54) is 48.7 Å². The Morgan fingerprint density at radius 3 is 2.08 bits per heavy atom. The first-order valence-corrected chi connectivity index (χ1v) is 13.2. The van der Waals surface area contributed by atoms with Crippen LogP contribution in [-0.4, -0.2) is 10.9 Å². The van der Waals surface area contributed by atoms with Gasteiger partial charge in [0.1, 0.15) is 6.10 Å². The summed E-state index contributed by atoms with van der Waals surface area (Å²) < 4.78 is 0. The smallest absolute Gasteiger partial charge is 0.192 e. The molecule has 1 unspecified atom stereocenters. The molecule has 2 nitrogen and oxygen atoms in total. The summed E-state index contributed by atoms with van der Waals surface area (Å²) in [5.41, 5.74) is 2.91. The fraction of sp³-hybridized carbons (Fsp3) is 0.0294. The maximum atomic E-state index is 12.9. The van der Waals surface area contributed by atoms with Crippen molar-refractivity contribution in [3.05, 3.63) is 125 Å². The van der Waals surface area contributed by atoms with E-state index < -0.39 is 6.10 Å². The second kappa shape index (κ2) is 7.59. The number of rotatable bonds is 2. The van der Waals surface area contributed by atoms with Gasteiger partial charge in [0.15, 0.2) is 5.78 Å². The van der Waals surface area contributed by atoms with Crippen LogP contribution in [0.3, 0.4) is 0 Å². The molecule has 0 radical (unpaired) electrons. The molecular weight excluding hydrogens is 472 g/mol. The summed E-state index contributed by atoms with van der Waals surface area (Å²) in [6.07, 6.45) is 0.973. The molecule has 7 aromatic rings. The monoisotopic (exact) mass is 492 g/mol. The number of hydrogen-bond acceptors (Lipinski definition) is 3. The topological polar surface area (TPSA) is 37.3 Å². The Balaban J connectivity index is 1.31. The second-order valence-corrected chi connectivity index (χ2v) is 10.8. The van der Waals surface area contributed by atoms with Crippen LogP contribution in [0.15, 0.2) is 109 Å². The van der Waals surface area contributed by atoms with Crippen LogP contribution < -0.4 is 0 Å².